The maximum absolute atomic E-state index is 11.8. The number of hydrogen-bond acceptors (Lipinski definition) is 17. The van der Waals surface area contributed by atoms with Crippen LogP contribution in [0.5, 0.6) is 0 Å². The molecule has 0 saturated carbocycles. The van der Waals surface area contributed by atoms with Gasteiger partial charge in [-0.25, -0.2) is 0 Å². The van der Waals surface area contributed by atoms with Crippen LogP contribution in [0.2, 0.25) is 0 Å². The SMILES string of the molecule is O=CNC(=O)C(=O)NC(=O)C(=O)NC(=O)C(=O)NC(=O)C(=O)NC(=O)CNCCNCCNCCNCCNCCNCC(=O)O. The Morgan fingerprint density at radius 3 is 1.00 bits per heavy atom. The number of carbonyl (C=O) groups is 11. The van der Waals surface area contributed by atoms with Crippen molar-refractivity contribution in [2.75, 3.05) is 78.5 Å². The van der Waals surface area contributed by atoms with Gasteiger partial charge in [0.1, 0.15) is 0 Å². The van der Waals surface area contributed by atoms with Crippen molar-refractivity contribution < 1.29 is 57.8 Å². The van der Waals surface area contributed by atoms with Gasteiger partial charge in [-0.2, -0.15) is 0 Å². The van der Waals surface area contributed by atoms with Crippen LogP contribution in [0.25, 0.3) is 0 Å². The van der Waals surface area contributed by atoms with Crippen molar-refractivity contribution in [3.8, 4) is 0 Å². The molecule has 0 spiro atoms. The highest BCUT2D eigenvalue weighted by atomic mass is 16.4. The Hall–Kier alpha value is -5.07. The number of nitrogens with one attached hydrogen (secondary N) is 11. The van der Waals surface area contributed by atoms with Gasteiger partial charge in [0.05, 0.1) is 13.1 Å². The van der Waals surface area contributed by atoms with Crippen LogP contribution in [0.4, 0.5) is 0 Å². The van der Waals surface area contributed by atoms with E-state index in [9.17, 15) is 52.7 Å². The van der Waals surface area contributed by atoms with Gasteiger partial charge in [-0.1, -0.05) is 0 Å². The summed E-state index contributed by atoms with van der Waals surface area (Å²) in [6, 6.07) is 0. The van der Waals surface area contributed by atoms with Gasteiger partial charge in [0.25, 0.3) is 0 Å². The minimum absolute atomic E-state index is 0.0681. The Labute approximate surface area is 260 Å². The van der Waals surface area contributed by atoms with Crippen LogP contribution in [0.3, 0.4) is 0 Å². The van der Waals surface area contributed by atoms with Gasteiger partial charge in [0.15, 0.2) is 0 Å². The van der Waals surface area contributed by atoms with Crippen molar-refractivity contribution in [1.82, 2.24) is 58.5 Å². The van der Waals surface area contributed by atoms with Gasteiger partial charge < -0.3 is 37.0 Å². The minimum atomic E-state index is -1.90. The number of carboxylic acids is 1. The first-order valence-corrected chi connectivity index (χ1v) is 13.5. The summed E-state index contributed by atoms with van der Waals surface area (Å²) < 4.78 is 0. The van der Waals surface area contributed by atoms with Gasteiger partial charge in [0, 0.05) is 65.4 Å². The summed E-state index contributed by atoms with van der Waals surface area (Å²) in [6.07, 6.45) is -0.182. The molecule has 23 heteroatoms. The van der Waals surface area contributed by atoms with Crippen molar-refractivity contribution in [2.45, 2.75) is 0 Å². The number of imide groups is 5. The number of hydrogen-bond donors (Lipinski definition) is 12. The third-order valence-corrected chi connectivity index (χ3v) is 4.90. The Bertz CT molecular complexity index is 1130. The molecule has 0 saturated heterocycles. The maximum Gasteiger partial charge on any atom is 0.317 e. The molecule has 0 aromatic carbocycles. The van der Waals surface area contributed by atoms with Crippen molar-refractivity contribution in [3.05, 3.63) is 0 Å². The Balaban J connectivity index is 3.90. The molecular formula is C23H37N11O12. The van der Waals surface area contributed by atoms with Gasteiger partial charge >= 0.3 is 53.2 Å². The molecule has 0 fully saturated rings. The number of amides is 10. The van der Waals surface area contributed by atoms with Gasteiger partial charge in [-0.15, -0.1) is 0 Å². The van der Waals surface area contributed by atoms with Crippen LogP contribution >= 0.6 is 0 Å². The molecule has 0 atom stereocenters. The van der Waals surface area contributed by atoms with Crippen molar-refractivity contribution in [1.29, 1.82) is 0 Å². The molecule has 0 aromatic heterocycles. The van der Waals surface area contributed by atoms with Crippen LogP contribution in [-0.4, -0.2) is 149 Å². The largest absolute Gasteiger partial charge is 0.480 e. The Morgan fingerprint density at radius 2 is 0.674 bits per heavy atom. The topological polar surface area (TPSA) is 340 Å². The highest BCUT2D eigenvalue weighted by Gasteiger charge is 2.27. The average Bonchev–Trinajstić information content (AvgIpc) is 3.00. The van der Waals surface area contributed by atoms with E-state index in [4.69, 9.17) is 5.11 Å². The standard InChI is InChI=1S/C23H37N11O12/c35-13-30-16(39)17(40)32-20(43)21(44)34-23(46)22(45)33-19(42)18(41)31-14(36)11-28-9-7-26-5-3-24-1-2-25-4-6-27-8-10-29-12-15(37)38/h13,24-29H,1-12H2,(H,37,38)(H,30,35,39)(H,31,36,41)(H,32,40,43)(H,33,42,45)(H,34,44,46). The highest BCUT2D eigenvalue weighted by Crippen LogP contribution is 1.78. The summed E-state index contributed by atoms with van der Waals surface area (Å²) in [6.45, 7) is 5.88. The van der Waals surface area contributed by atoms with E-state index >= 15 is 0 Å². The lowest BCUT2D eigenvalue weighted by atomic mass is 10.4. The first-order valence-electron chi connectivity index (χ1n) is 13.5. The molecule has 0 unspecified atom stereocenters. The van der Waals surface area contributed by atoms with Crippen LogP contribution in [0.15, 0.2) is 0 Å². The quantitative estimate of drug-likeness (QED) is 0.0328. The fraction of sp³-hybridized carbons (Fsp3) is 0.522. The zero-order chi connectivity index (χ0) is 34.7. The molecule has 256 valence electrons. The summed E-state index contributed by atoms with van der Waals surface area (Å²) in [5.74, 6) is -16.1. The summed E-state index contributed by atoms with van der Waals surface area (Å²) in [5, 5.41) is 33.3. The molecule has 0 aliphatic rings. The zero-order valence-corrected chi connectivity index (χ0v) is 24.5. The smallest absolute Gasteiger partial charge is 0.317 e. The molecule has 0 aliphatic heterocycles. The summed E-state index contributed by atoms with van der Waals surface area (Å²) in [7, 11) is 0. The Morgan fingerprint density at radius 1 is 0.391 bits per heavy atom. The lowest BCUT2D eigenvalue weighted by Crippen LogP contribution is -2.53. The van der Waals surface area contributed by atoms with Crippen LogP contribution in [0.1, 0.15) is 0 Å². The van der Waals surface area contributed by atoms with Crippen molar-refractivity contribution >= 4 is 65.5 Å². The number of aliphatic carboxylic acids is 1. The number of carboxylic acid groups (broad SMARTS) is 1. The van der Waals surface area contributed by atoms with E-state index < -0.39 is 59.1 Å². The fourth-order valence-corrected chi connectivity index (χ4v) is 2.78. The number of rotatable bonds is 20. The van der Waals surface area contributed by atoms with Crippen LogP contribution < -0.4 is 58.5 Å². The first kappa shape index (κ1) is 40.9. The summed E-state index contributed by atoms with van der Waals surface area (Å²) in [4.78, 5) is 124. The molecule has 0 aromatic rings. The van der Waals surface area contributed by atoms with E-state index in [1.165, 1.54) is 21.3 Å². The van der Waals surface area contributed by atoms with E-state index in [-0.39, 0.29) is 19.5 Å². The third kappa shape index (κ3) is 21.6. The lowest BCUT2D eigenvalue weighted by molar-refractivity contribution is -0.150. The molecule has 0 radical (unpaired) electrons. The third-order valence-electron chi connectivity index (χ3n) is 4.90. The molecule has 12 N–H and O–H groups in total. The van der Waals surface area contributed by atoms with E-state index in [0.29, 0.717) is 39.3 Å². The van der Waals surface area contributed by atoms with E-state index in [1.54, 1.807) is 5.32 Å². The summed E-state index contributed by atoms with van der Waals surface area (Å²) in [5.41, 5.74) is 0. The predicted molar refractivity (Wildman–Crippen MR) is 152 cm³/mol. The van der Waals surface area contributed by atoms with E-state index in [0.717, 1.165) is 26.2 Å². The van der Waals surface area contributed by atoms with Crippen molar-refractivity contribution in [3.63, 3.8) is 0 Å². The van der Waals surface area contributed by atoms with Crippen molar-refractivity contribution in [2.24, 2.45) is 0 Å². The van der Waals surface area contributed by atoms with Crippen LogP contribution in [-0.2, 0) is 52.7 Å². The fourth-order valence-electron chi connectivity index (χ4n) is 2.78. The minimum Gasteiger partial charge on any atom is -0.480 e. The predicted octanol–water partition coefficient (Wildman–Crippen LogP) is -9.55. The molecule has 0 heterocycles. The van der Waals surface area contributed by atoms with Gasteiger partial charge in [0.2, 0.25) is 12.3 Å². The second-order valence-electron chi connectivity index (χ2n) is 8.57. The molecule has 0 rings (SSSR count). The normalized spacial score (nSPS) is 10.2. The second-order valence-corrected chi connectivity index (χ2v) is 8.57. The maximum atomic E-state index is 11.8. The lowest BCUT2D eigenvalue weighted by Gasteiger charge is -2.09. The van der Waals surface area contributed by atoms with Crippen LogP contribution in [0, 0.1) is 0 Å². The zero-order valence-electron chi connectivity index (χ0n) is 24.5. The summed E-state index contributed by atoms with van der Waals surface area (Å²) >= 11 is 0. The number of carbonyl (C=O) groups excluding carboxylic acids is 10. The molecule has 10 amide bonds. The first-order chi connectivity index (χ1) is 21.9. The molecular weight excluding hydrogens is 622 g/mol. The molecule has 0 bridgehead atoms. The Kier molecular flexibility index (Phi) is 22.5. The van der Waals surface area contributed by atoms with Gasteiger partial charge in [-0.05, 0) is 0 Å². The highest BCUT2D eigenvalue weighted by molar-refractivity contribution is 6.52. The second kappa shape index (κ2) is 25.3. The monoisotopic (exact) mass is 659 g/mol. The molecule has 0 aliphatic carbocycles. The average molecular weight is 660 g/mol. The molecule has 46 heavy (non-hydrogen) atoms. The van der Waals surface area contributed by atoms with E-state index in [1.807, 2.05) is 0 Å². The van der Waals surface area contributed by atoms with Gasteiger partial charge in [-0.3, -0.25) is 79.3 Å². The van der Waals surface area contributed by atoms with E-state index in [2.05, 4.69) is 31.9 Å². The molecule has 23 nitrogen and oxygen atoms in total.